The average Bonchev–Trinajstić information content (AvgIpc) is 2.81. The lowest BCUT2D eigenvalue weighted by atomic mass is 10.0. The van der Waals surface area contributed by atoms with E-state index < -0.39 is 24.7 Å². The van der Waals surface area contributed by atoms with Crippen molar-refractivity contribution in [3.63, 3.8) is 0 Å². The summed E-state index contributed by atoms with van der Waals surface area (Å²) in [6, 6.07) is 0.764. The first kappa shape index (κ1) is 18.4. The Bertz CT molecular complexity index is 696. The zero-order valence-corrected chi connectivity index (χ0v) is 14.6. The van der Waals surface area contributed by atoms with Gasteiger partial charge in [0, 0.05) is 30.5 Å². The zero-order chi connectivity index (χ0) is 19.1. The summed E-state index contributed by atoms with van der Waals surface area (Å²) in [7, 11) is 0. The SMILES string of the molecule is Cc1cc(C)nc(N2CCC(N3CC(=O)N(CC(F)(F)F)C3=O)CC2)n1. The van der Waals surface area contributed by atoms with Crippen molar-refractivity contribution in [2.45, 2.75) is 38.9 Å². The maximum absolute atomic E-state index is 12.5. The summed E-state index contributed by atoms with van der Waals surface area (Å²) < 4.78 is 37.6. The largest absolute Gasteiger partial charge is 0.406 e. The van der Waals surface area contributed by atoms with E-state index in [0.29, 0.717) is 36.8 Å². The number of amides is 3. The number of aromatic nitrogens is 2. The molecule has 2 aliphatic heterocycles. The van der Waals surface area contributed by atoms with Crippen molar-refractivity contribution >= 4 is 17.9 Å². The van der Waals surface area contributed by atoms with Crippen LogP contribution in [0.1, 0.15) is 24.2 Å². The van der Waals surface area contributed by atoms with Crippen LogP contribution in [0.4, 0.5) is 23.9 Å². The summed E-state index contributed by atoms with van der Waals surface area (Å²) in [5.41, 5.74) is 1.72. The van der Waals surface area contributed by atoms with E-state index in [1.54, 1.807) is 0 Å². The molecule has 0 saturated carbocycles. The predicted molar refractivity (Wildman–Crippen MR) is 86.6 cm³/mol. The van der Waals surface area contributed by atoms with Crippen LogP contribution in [-0.2, 0) is 4.79 Å². The number of alkyl halides is 3. The molecule has 7 nitrogen and oxygen atoms in total. The van der Waals surface area contributed by atoms with E-state index in [1.165, 1.54) is 4.90 Å². The Morgan fingerprint density at radius 1 is 1.12 bits per heavy atom. The second-order valence-electron chi connectivity index (χ2n) is 6.67. The maximum atomic E-state index is 12.5. The number of nitrogens with zero attached hydrogens (tertiary/aromatic N) is 5. The van der Waals surface area contributed by atoms with Gasteiger partial charge < -0.3 is 9.80 Å². The van der Waals surface area contributed by atoms with E-state index in [0.717, 1.165) is 11.4 Å². The minimum Gasteiger partial charge on any atom is -0.341 e. The molecule has 3 heterocycles. The van der Waals surface area contributed by atoms with Crippen molar-refractivity contribution < 1.29 is 22.8 Å². The molecule has 2 aliphatic rings. The Kier molecular flexibility index (Phi) is 4.76. The highest BCUT2D eigenvalue weighted by Crippen LogP contribution is 2.26. The summed E-state index contributed by atoms with van der Waals surface area (Å²) in [4.78, 5) is 36.4. The molecule has 26 heavy (non-hydrogen) atoms. The van der Waals surface area contributed by atoms with Gasteiger partial charge in [-0.25, -0.2) is 14.8 Å². The third-order valence-corrected chi connectivity index (χ3v) is 4.58. The molecule has 1 aromatic heterocycles. The molecule has 2 saturated heterocycles. The molecule has 2 fully saturated rings. The number of hydrogen-bond donors (Lipinski definition) is 0. The van der Waals surface area contributed by atoms with E-state index >= 15 is 0 Å². The Morgan fingerprint density at radius 3 is 2.23 bits per heavy atom. The van der Waals surface area contributed by atoms with Crippen molar-refractivity contribution in [2.75, 3.05) is 31.1 Å². The number of imide groups is 1. The molecule has 0 radical (unpaired) electrons. The first-order valence-electron chi connectivity index (χ1n) is 8.39. The molecule has 0 bridgehead atoms. The van der Waals surface area contributed by atoms with Gasteiger partial charge in [-0.1, -0.05) is 0 Å². The minimum absolute atomic E-state index is 0.258. The lowest BCUT2D eigenvalue weighted by Gasteiger charge is -2.36. The van der Waals surface area contributed by atoms with Gasteiger partial charge >= 0.3 is 12.2 Å². The number of halogens is 3. The number of carbonyl (C=O) groups excluding carboxylic acids is 2. The number of hydrogen-bond acceptors (Lipinski definition) is 5. The third-order valence-electron chi connectivity index (χ3n) is 4.58. The molecule has 0 atom stereocenters. The molecular formula is C16H20F3N5O2. The van der Waals surface area contributed by atoms with Gasteiger partial charge in [0.05, 0.1) is 0 Å². The Hall–Kier alpha value is -2.39. The molecule has 1 aromatic rings. The second-order valence-corrected chi connectivity index (χ2v) is 6.67. The van der Waals surface area contributed by atoms with Gasteiger partial charge in [-0.2, -0.15) is 13.2 Å². The van der Waals surface area contributed by atoms with Gasteiger partial charge in [0.2, 0.25) is 5.95 Å². The molecule has 3 amide bonds. The van der Waals surface area contributed by atoms with Gasteiger partial charge in [-0.05, 0) is 32.8 Å². The van der Waals surface area contributed by atoms with E-state index in [4.69, 9.17) is 0 Å². The van der Waals surface area contributed by atoms with Gasteiger partial charge in [-0.3, -0.25) is 9.69 Å². The molecule has 142 valence electrons. The van der Waals surface area contributed by atoms with E-state index in [1.807, 2.05) is 24.8 Å². The molecular weight excluding hydrogens is 351 g/mol. The van der Waals surface area contributed by atoms with Crippen LogP contribution in [0.25, 0.3) is 0 Å². The summed E-state index contributed by atoms with van der Waals surface area (Å²) in [5, 5.41) is 0. The van der Waals surface area contributed by atoms with Crippen LogP contribution in [-0.4, -0.2) is 70.1 Å². The molecule has 3 rings (SSSR count). The van der Waals surface area contributed by atoms with Crippen LogP contribution in [0.2, 0.25) is 0 Å². The fraction of sp³-hybridized carbons (Fsp3) is 0.625. The summed E-state index contributed by atoms with van der Waals surface area (Å²) in [5.74, 6) is -0.184. The standard InChI is InChI=1S/C16H20F3N5O2/c1-10-7-11(2)21-14(20-10)22-5-3-12(4-6-22)23-8-13(25)24(15(23)26)9-16(17,18)19/h7,12H,3-6,8-9H2,1-2H3. The number of piperidine rings is 1. The fourth-order valence-corrected chi connectivity index (χ4v) is 3.41. The summed E-state index contributed by atoms with van der Waals surface area (Å²) >= 11 is 0. The van der Waals surface area contributed by atoms with E-state index in [-0.39, 0.29) is 12.6 Å². The quantitative estimate of drug-likeness (QED) is 0.759. The number of urea groups is 1. The highest BCUT2D eigenvalue weighted by atomic mass is 19.4. The number of aryl methyl sites for hydroxylation is 2. The van der Waals surface area contributed by atoms with Crippen LogP contribution >= 0.6 is 0 Å². The van der Waals surface area contributed by atoms with Crippen molar-refractivity contribution in [1.29, 1.82) is 0 Å². The number of anilines is 1. The van der Waals surface area contributed by atoms with Gasteiger partial charge in [0.15, 0.2) is 0 Å². The lowest BCUT2D eigenvalue weighted by molar-refractivity contribution is -0.151. The van der Waals surface area contributed by atoms with Gasteiger partial charge in [-0.15, -0.1) is 0 Å². The number of carbonyl (C=O) groups is 2. The van der Waals surface area contributed by atoms with Crippen LogP contribution < -0.4 is 4.90 Å². The average molecular weight is 371 g/mol. The van der Waals surface area contributed by atoms with E-state index in [9.17, 15) is 22.8 Å². The highest BCUT2D eigenvalue weighted by Gasteiger charge is 2.45. The summed E-state index contributed by atoms with van der Waals surface area (Å²) in [6.45, 7) is 3.09. The first-order valence-corrected chi connectivity index (χ1v) is 8.39. The highest BCUT2D eigenvalue weighted by molar-refractivity contribution is 6.02. The smallest absolute Gasteiger partial charge is 0.341 e. The van der Waals surface area contributed by atoms with Gasteiger partial charge in [0.1, 0.15) is 13.1 Å². The van der Waals surface area contributed by atoms with Crippen molar-refractivity contribution in [1.82, 2.24) is 19.8 Å². The van der Waals surface area contributed by atoms with Crippen LogP contribution in [0.3, 0.4) is 0 Å². The molecule has 0 N–H and O–H groups in total. The topological polar surface area (TPSA) is 69.6 Å². The lowest BCUT2D eigenvalue weighted by Crippen LogP contribution is -2.47. The monoisotopic (exact) mass is 371 g/mol. The molecule has 10 heteroatoms. The third kappa shape index (κ3) is 3.88. The Morgan fingerprint density at radius 2 is 1.69 bits per heavy atom. The minimum atomic E-state index is -4.59. The van der Waals surface area contributed by atoms with Crippen molar-refractivity contribution in [3.05, 3.63) is 17.5 Å². The second kappa shape index (κ2) is 6.73. The fourth-order valence-electron chi connectivity index (χ4n) is 3.41. The van der Waals surface area contributed by atoms with Crippen molar-refractivity contribution in [3.8, 4) is 0 Å². The van der Waals surface area contributed by atoms with Gasteiger partial charge in [0.25, 0.3) is 5.91 Å². The maximum Gasteiger partial charge on any atom is 0.406 e. The van der Waals surface area contributed by atoms with Crippen molar-refractivity contribution in [2.24, 2.45) is 0 Å². The first-order chi connectivity index (χ1) is 12.1. The Labute approximate surface area is 148 Å². The predicted octanol–water partition coefficient (Wildman–Crippen LogP) is 1.89. The normalized spacial score (nSPS) is 19.7. The summed E-state index contributed by atoms with van der Waals surface area (Å²) in [6.07, 6.45) is -3.49. The molecule has 0 aliphatic carbocycles. The molecule has 0 unspecified atom stereocenters. The number of rotatable bonds is 3. The van der Waals surface area contributed by atoms with E-state index in [2.05, 4.69) is 9.97 Å². The molecule has 0 spiro atoms. The van der Waals surface area contributed by atoms with Crippen LogP contribution in [0, 0.1) is 13.8 Å². The Balaban J connectivity index is 1.63. The zero-order valence-electron chi connectivity index (χ0n) is 14.6. The van der Waals surface area contributed by atoms with Crippen LogP contribution in [0.15, 0.2) is 6.07 Å². The van der Waals surface area contributed by atoms with Crippen LogP contribution in [0.5, 0.6) is 0 Å². The molecule has 0 aromatic carbocycles.